The summed E-state index contributed by atoms with van der Waals surface area (Å²) >= 11 is 0. The lowest BCUT2D eigenvalue weighted by Gasteiger charge is -2.12. The summed E-state index contributed by atoms with van der Waals surface area (Å²) < 4.78 is 0. The molecule has 0 unspecified atom stereocenters. The van der Waals surface area contributed by atoms with Crippen LogP contribution in [0.3, 0.4) is 0 Å². The lowest BCUT2D eigenvalue weighted by atomic mass is 9.94. The summed E-state index contributed by atoms with van der Waals surface area (Å²) in [5.74, 6) is 0. The van der Waals surface area contributed by atoms with E-state index in [0.29, 0.717) is 6.54 Å². The molecule has 1 heteroatoms. The van der Waals surface area contributed by atoms with Crippen molar-refractivity contribution >= 4 is 10.8 Å². The van der Waals surface area contributed by atoms with Crippen LogP contribution in [-0.4, -0.2) is 0 Å². The summed E-state index contributed by atoms with van der Waals surface area (Å²) in [6, 6.07) is 13.1. The van der Waals surface area contributed by atoms with Crippen molar-refractivity contribution in [1.29, 1.82) is 0 Å². The lowest BCUT2D eigenvalue weighted by molar-refractivity contribution is 0.556. The molecule has 0 saturated carbocycles. The molecule has 0 saturated heterocycles. The van der Waals surface area contributed by atoms with Gasteiger partial charge in [0.15, 0.2) is 0 Å². The maximum Gasteiger partial charge on any atom is 0.0181 e. The molecule has 0 aromatic heterocycles. The predicted octanol–water partition coefficient (Wildman–Crippen LogP) is 6.76. The zero-order valence-electron chi connectivity index (χ0n) is 15.5. The molecule has 0 fully saturated rings. The van der Waals surface area contributed by atoms with E-state index in [1.165, 1.54) is 92.5 Å². The van der Waals surface area contributed by atoms with Crippen molar-refractivity contribution in [2.45, 2.75) is 84.1 Å². The largest absolute Gasteiger partial charge is 0.326 e. The Morgan fingerprint density at radius 1 is 0.708 bits per heavy atom. The van der Waals surface area contributed by atoms with Crippen LogP contribution in [0.25, 0.3) is 10.8 Å². The predicted molar refractivity (Wildman–Crippen MR) is 107 cm³/mol. The quantitative estimate of drug-likeness (QED) is 0.428. The molecule has 2 N–H and O–H groups in total. The number of unbranched alkanes of at least 4 members (excludes halogenated alkanes) is 9. The zero-order chi connectivity index (χ0) is 17.0. The van der Waals surface area contributed by atoms with Crippen molar-refractivity contribution in [2.75, 3.05) is 0 Å². The van der Waals surface area contributed by atoms with Crippen molar-refractivity contribution < 1.29 is 0 Å². The summed E-state index contributed by atoms with van der Waals surface area (Å²) in [4.78, 5) is 0. The van der Waals surface area contributed by atoms with Crippen LogP contribution in [0.1, 0.15) is 82.3 Å². The van der Waals surface area contributed by atoms with Gasteiger partial charge in [0.25, 0.3) is 0 Å². The first-order valence-electron chi connectivity index (χ1n) is 10.1. The Hall–Kier alpha value is -1.34. The van der Waals surface area contributed by atoms with E-state index < -0.39 is 0 Å². The maximum absolute atomic E-state index is 5.96. The van der Waals surface area contributed by atoms with E-state index in [4.69, 9.17) is 5.73 Å². The van der Waals surface area contributed by atoms with Gasteiger partial charge in [-0.25, -0.2) is 0 Å². The van der Waals surface area contributed by atoms with Crippen molar-refractivity contribution in [3.63, 3.8) is 0 Å². The average Bonchev–Trinajstić information content (AvgIpc) is 2.63. The van der Waals surface area contributed by atoms with E-state index in [-0.39, 0.29) is 0 Å². The number of hydrogen-bond acceptors (Lipinski definition) is 1. The molecule has 0 bridgehead atoms. The lowest BCUT2D eigenvalue weighted by Crippen LogP contribution is -2.02. The standard InChI is InChI=1S/C23H35N/c1-2-3-4-5-6-7-8-9-10-11-15-23-21(19-24)18-17-20-14-12-13-16-22(20)23/h12-14,16-18H,2-11,15,19,24H2,1H3. The van der Waals surface area contributed by atoms with Crippen LogP contribution < -0.4 is 5.73 Å². The molecule has 0 atom stereocenters. The molecular formula is C23H35N. The second-order valence-corrected chi connectivity index (χ2v) is 7.06. The Morgan fingerprint density at radius 3 is 2.00 bits per heavy atom. The summed E-state index contributed by atoms with van der Waals surface area (Å²) in [6.07, 6.45) is 15.1. The Morgan fingerprint density at radius 2 is 1.33 bits per heavy atom. The Kier molecular flexibility index (Phi) is 8.91. The van der Waals surface area contributed by atoms with Gasteiger partial charge in [0, 0.05) is 6.54 Å². The highest BCUT2D eigenvalue weighted by atomic mass is 14.5. The van der Waals surface area contributed by atoms with E-state index in [1.807, 2.05) is 0 Å². The van der Waals surface area contributed by atoms with E-state index in [0.717, 1.165) is 0 Å². The van der Waals surface area contributed by atoms with Crippen molar-refractivity contribution in [1.82, 2.24) is 0 Å². The van der Waals surface area contributed by atoms with Gasteiger partial charge in [-0.05, 0) is 34.7 Å². The highest BCUT2D eigenvalue weighted by Crippen LogP contribution is 2.24. The van der Waals surface area contributed by atoms with Gasteiger partial charge in [-0.1, -0.05) is 101 Å². The Labute approximate surface area is 148 Å². The second-order valence-electron chi connectivity index (χ2n) is 7.06. The third kappa shape index (κ3) is 5.94. The average molecular weight is 326 g/mol. The molecule has 0 amide bonds. The maximum atomic E-state index is 5.96. The Bertz CT molecular complexity index is 588. The summed E-state index contributed by atoms with van der Waals surface area (Å²) in [6.45, 7) is 2.93. The van der Waals surface area contributed by atoms with E-state index >= 15 is 0 Å². The number of fused-ring (bicyclic) bond motifs is 1. The van der Waals surface area contributed by atoms with E-state index in [1.54, 1.807) is 0 Å². The van der Waals surface area contributed by atoms with E-state index in [9.17, 15) is 0 Å². The smallest absolute Gasteiger partial charge is 0.0181 e. The molecule has 0 heterocycles. The third-order valence-corrected chi connectivity index (χ3v) is 5.14. The van der Waals surface area contributed by atoms with Crippen LogP contribution in [0.4, 0.5) is 0 Å². The minimum atomic E-state index is 0.651. The first kappa shape index (κ1) is 19.0. The third-order valence-electron chi connectivity index (χ3n) is 5.14. The number of nitrogens with two attached hydrogens (primary N) is 1. The van der Waals surface area contributed by atoms with Crippen LogP contribution in [0.5, 0.6) is 0 Å². The summed E-state index contributed by atoms with van der Waals surface area (Å²) in [7, 11) is 0. The molecule has 24 heavy (non-hydrogen) atoms. The number of rotatable bonds is 12. The first-order valence-corrected chi connectivity index (χ1v) is 10.1. The molecule has 0 aliphatic heterocycles. The van der Waals surface area contributed by atoms with Gasteiger partial charge in [0.1, 0.15) is 0 Å². The van der Waals surface area contributed by atoms with Gasteiger partial charge in [-0.2, -0.15) is 0 Å². The topological polar surface area (TPSA) is 26.0 Å². The molecule has 1 nitrogen and oxygen atoms in total. The molecular weight excluding hydrogens is 290 g/mol. The number of benzene rings is 2. The van der Waals surface area contributed by atoms with Crippen LogP contribution in [-0.2, 0) is 13.0 Å². The SMILES string of the molecule is CCCCCCCCCCCCc1c(CN)ccc2ccccc12. The minimum Gasteiger partial charge on any atom is -0.326 e. The van der Waals surface area contributed by atoms with Crippen LogP contribution in [0.2, 0.25) is 0 Å². The molecule has 0 aliphatic rings. The van der Waals surface area contributed by atoms with Crippen molar-refractivity contribution in [3.8, 4) is 0 Å². The van der Waals surface area contributed by atoms with Crippen molar-refractivity contribution in [3.05, 3.63) is 47.5 Å². The number of aryl methyl sites for hydroxylation is 1. The molecule has 2 aromatic rings. The minimum absolute atomic E-state index is 0.651. The monoisotopic (exact) mass is 325 g/mol. The molecule has 0 spiro atoms. The van der Waals surface area contributed by atoms with Gasteiger partial charge in [-0.3, -0.25) is 0 Å². The van der Waals surface area contributed by atoms with Gasteiger partial charge in [0.2, 0.25) is 0 Å². The normalized spacial score (nSPS) is 11.2. The van der Waals surface area contributed by atoms with Gasteiger partial charge in [0.05, 0.1) is 0 Å². The number of hydrogen-bond donors (Lipinski definition) is 1. The van der Waals surface area contributed by atoms with Gasteiger partial charge in [-0.15, -0.1) is 0 Å². The zero-order valence-corrected chi connectivity index (χ0v) is 15.5. The fourth-order valence-electron chi connectivity index (χ4n) is 3.66. The molecule has 0 radical (unpaired) electrons. The Balaban J connectivity index is 1.72. The fourth-order valence-corrected chi connectivity index (χ4v) is 3.66. The van der Waals surface area contributed by atoms with Crippen LogP contribution in [0, 0.1) is 0 Å². The molecule has 0 aliphatic carbocycles. The highest BCUT2D eigenvalue weighted by molar-refractivity contribution is 5.86. The molecule has 132 valence electrons. The second kappa shape index (κ2) is 11.3. The van der Waals surface area contributed by atoms with Gasteiger partial charge < -0.3 is 5.73 Å². The van der Waals surface area contributed by atoms with Gasteiger partial charge >= 0.3 is 0 Å². The molecule has 2 rings (SSSR count). The van der Waals surface area contributed by atoms with E-state index in [2.05, 4.69) is 43.3 Å². The molecule has 2 aromatic carbocycles. The highest BCUT2D eigenvalue weighted by Gasteiger charge is 2.06. The van der Waals surface area contributed by atoms with Crippen LogP contribution in [0.15, 0.2) is 36.4 Å². The summed E-state index contributed by atoms with van der Waals surface area (Å²) in [5.41, 5.74) is 8.77. The van der Waals surface area contributed by atoms with Crippen molar-refractivity contribution in [2.24, 2.45) is 5.73 Å². The summed E-state index contributed by atoms with van der Waals surface area (Å²) in [5, 5.41) is 2.74. The van der Waals surface area contributed by atoms with Crippen LogP contribution >= 0.6 is 0 Å². The first-order chi connectivity index (χ1) is 11.9. The fraction of sp³-hybridized carbons (Fsp3) is 0.565.